The molecule has 0 aliphatic heterocycles. The van der Waals surface area contributed by atoms with E-state index in [9.17, 15) is 18.0 Å². The summed E-state index contributed by atoms with van der Waals surface area (Å²) in [6.45, 7) is 2.94. The molecule has 0 fully saturated rings. The van der Waals surface area contributed by atoms with Crippen molar-refractivity contribution in [2.24, 2.45) is 0 Å². The molecule has 0 atom stereocenters. The molecule has 28 heavy (non-hydrogen) atoms. The van der Waals surface area contributed by atoms with Gasteiger partial charge in [0, 0.05) is 30.3 Å². The zero-order valence-electron chi connectivity index (χ0n) is 15.8. The van der Waals surface area contributed by atoms with Crippen LogP contribution in [0.15, 0.2) is 60.0 Å². The SMILES string of the molecule is CCN(CC(=O)Nc1ccc(NC(C)=O)cc1)S(=O)(=O)/C=C/c1ccccc1. The number of amides is 2. The molecule has 0 spiro atoms. The molecule has 0 aliphatic rings. The molecule has 0 saturated heterocycles. The molecule has 0 radical (unpaired) electrons. The van der Waals surface area contributed by atoms with Crippen LogP contribution < -0.4 is 10.6 Å². The molecule has 2 rings (SSSR count). The van der Waals surface area contributed by atoms with Gasteiger partial charge in [0.05, 0.1) is 6.54 Å². The Morgan fingerprint density at radius 1 is 0.964 bits per heavy atom. The van der Waals surface area contributed by atoms with Gasteiger partial charge in [0.1, 0.15) is 0 Å². The molecule has 148 valence electrons. The van der Waals surface area contributed by atoms with Gasteiger partial charge in [0.15, 0.2) is 0 Å². The molecule has 0 unspecified atom stereocenters. The van der Waals surface area contributed by atoms with E-state index in [2.05, 4.69) is 10.6 Å². The van der Waals surface area contributed by atoms with Gasteiger partial charge in [0.25, 0.3) is 0 Å². The first-order chi connectivity index (χ1) is 13.3. The first kappa shape index (κ1) is 21.3. The predicted molar refractivity (Wildman–Crippen MR) is 111 cm³/mol. The largest absolute Gasteiger partial charge is 0.326 e. The lowest BCUT2D eigenvalue weighted by Crippen LogP contribution is -2.36. The van der Waals surface area contributed by atoms with Crippen molar-refractivity contribution in [3.05, 3.63) is 65.6 Å². The number of nitrogens with one attached hydrogen (secondary N) is 2. The molecule has 0 saturated carbocycles. The highest BCUT2D eigenvalue weighted by Gasteiger charge is 2.20. The number of carbonyl (C=O) groups excluding carboxylic acids is 2. The fourth-order valence-electron chi connectivity index (χ4n) is 2.40. The van der Waals surface area contributed by atoms with Gasteiger partial charge in [-0.15, -0.1) is 0 Å². The smallest absolute Gasteiger partial charge is 0.239 e. The second-order valence-electron chi connectivity index (χ2n) is 5.99. The van der Waals surface area contributed by atoms with Gasteiger partial charge in [-0.1, -0.05) is 37.3 Å². The maximum Gasteiger partial charge on any atom is 0.239 e. The molecular weight excluding hydrogens is 378 g/mol. The van der Waals surface area contributed by atoms with Crippen LogP contribution in [0.25, 0.3) is 6.08 Å². The van der Waals surface area contributed by atoms with Crippen LogP contribution in [-0.4, -0.2) is 37.6 Å². The molecule has 0 heterocycles. The molecular formula is C20H23N3O4S. The fourth-order valence-corrected chi connectivity index (χ4v) is 3.56. The lowest BCUT2D eigenvalue weighted by Gasteiger charge is -2.18. The number of benzene rings is 2. The van der Waals surface area contributed by atoms with E-state index in [1.807, 2.05) is 18.2 Å². The number of likely N-dealkylation sites (N-methyl/N-ethyl adjacent to an activating group) is 1. The maximum absolute atomic E-state index is 12.5. The molecule has 2 N–H and O–H groups in total. The van der Waals surface area contributed by atoms with Gasteiger partial charge >= 0.3 is 0 Å². The molecule has 2 amide bonds. The van der Waals surface area contributed by atoms with Gasteiger partial charge in [-0.05, 0) is 35.9 Å². The highest BCUT2D eigenvalue weighted by Crippen LogP contribution is 2.14. The molecule has 2 aromatic carbocycles. The summed E-state index contributed by atoms with van der Waals surface area (Å²) in [4.78, 5) is 23.3. The zero-order chi connectivity index (χ0) is 20.6. The van der Waals surface area contributed by atoms with Crippen molar-refractivity contribution < 1.29 is 18.0 Å². The highest BCUT2D eigenvalue weighted by molar-refractivity contribution is 7.92. The van der Waals surface area contributed by atoms with Gasteiger partial charge in [-0.25, -0.2) is 8.42 Å². The summed E-state index contributed by atoms with van der Waals surface area (Å²) in [5.41, 5.74) is 1.87. The average Bonchev–Trinajstić information content (AvgIpc) is 2.66. The Kier molecular flexibility index (Phi) is 7.48. The predicted octanol–water partition coefficient (Wildman–Crippen LogP) is 2.91. The van der Waals surface area contributed by atoms with E-state index < -0.39 is 15.9 Å². The van der Waals surface area contributed by atoms with Crippen molar-refractivity contribution in [2.75, 3.05) is 23.7 Å². The zero-order valence-corrected chi connectivity index (χ0v) is 16.6. The van der Waals surface area contributed by atoms with Crippen molar-refractivity contribution >= 4 is 39.3 Å². The summed E-state index contributed by atoms with van der Waals surface area (Å²) < 4.78 is 26.1. The minimum atomic E-state index is -3.73. The Labute approximate surface area is 165 Å². The van der Waals surface area contributed by atoms with Crippen molar-refractivity contribution in [3.8, 4) is 0 Å². The van der Waals surface area contributed by atoms with Crippen LogP contribution in [0.5, 0.6) is 0 Å². The third-order valence-corrected chi connectivity index (χ3v) is 5.34. The number of hydrogen-bond acceptors (Lipinski definition) is 4. The van der Waals surface area contributed by atoms with Crippen LogP contribution in [0.2, 0.25) is 0 Å². The molecule has 7 nitrogen and oxygen atoms in total. The third kappa shape index (κ3) is 6.64. The van der Waals surface area contributed by atoms with Crippen LogP contribution in [0.4, 0.5) is 11.4 Å². The van der Waals surface area contributed by atoms with E-state index in [0.717, 1.165) is 15.3 Å². The lowest BCUT2D eigenvalue weighted by molar-refractivity contribution is -0.116. The minimum absolute atomic E-state index is 0.163. The lowest BCUT2D eigenvalue weighted by atomic mass is 10.2. The molecule has 0 aliphatic carbocycles. The van der Waals surface area contributed by atoms with Crippen LogP contribution >= 0.6 is 0 Å². The molecule has 0 bridgehead atoms. The van der Waals surface area contributed by atoms with Gasteiger partial charge < -0.3 is 10.6 Å². The van der Waals surface area contributed by atoms with Crippen LogP contribution in [0.3, 0.4) is 0 Å². The molecule has 0 aromatic heterocycles. The summed E-state index contributed by atoms with van der Waals surface area (Å²) in [7, 11) is -3.73. The summed E-state index contributed by atoms with van der Waals surface area (Å²) in [6.07, 6.45) is 1.50. The van der Waals surface area contributed by atoms with E-state index in [0.29, 0.717) is 11.4 Å². The average molecular weight is 401 g/mol. The van der Waals surface area contributed by atoms with Crippen molar-refractivity contribution in [1.82, 2.24) is 4.31 Å². The van der Waals surface area contributed by atoms with Crippen molar-refractivity contribution in [3.63, 3.8) is 0 Å². The van der Waals surface area contributed by atoms with Crippen LogP contribution in [0, 0.1) is 0 Å². The van der Waals surface area contributed by atoms with E-state index in [-0.39, 0.29) is 19.0 Å². The fraction of sp³-hybridized carbons (Fsp3) is 0.200. The van der Waals surface area contributed by atoms with E-state index in [1.54, 1.807) is 43.3 Å². The number of sulfonamides is 1. The Bertz CT molecular complexity index is 939. The monoisotopic (exact) mass is 401 g/mol. The Balaban J connectivity index is 2.00. The van der Waals surface area contributed by atoms with Crippen LogP contribution in [-0.2, 0) is 19.6 Å². The number of anilines is 2. The summed E-state index contributed by atoms with van der Waals surface area (Å²) in [6, 6.07) is 15.6. The maximum atomic E-state index is 12.5. The second kappa shape index (κ2) is 9.82. The van der Waals surface area contributed by atoms with Crippen molar-refractivity contribution in [2.45, 2.75) is 13.8 Å². The normalized spacial score (nSPS) is 11.5. The second-order valence-corrected chi connectivity index (χ2v) is 7.81. The molecule has 2 aromatic rings. The van der Waals surface area contributed by atoms with Gasteiger partial charge in [-0.2, -0.15) is 4.31 Å². The summed E-state index contributed by atoms with van der Waals surface area (Å²) in [5.74, 6) is -0.644. The first-order valence-corrected chi connectivity index (χ1v) is 10.2. The topological polar surface area (TPSA) is 95.6 Å². The Morgan fingerprint density at radius 2 is 1.54 bits per heavy atom. The number of rotatable bonds is 8. The third-order valence-electron chi connectivity index (χ3n) is 3.75. The quantitative estimate of drug-likeness (QED) is 0.711. The number of carbonyl (C=O) groups is 2. The highest BCUT2D eigenvalue weighted by atomic mass is 32.2. The molecule has 8 heteroatoms. The summed E-state index contributed by atoms with van der Waals surface area (Å²) >= 11 is 0. The van der Waals surface area contributed by atoms with Gasteiger partial charge in [0.2, 0.25) is 21.8 Å². The number of nitrogens with zero attached hydrogens (tertiary/aromatic N) is 1. The van der Waals surface area contributed by atoms with E-state index in [4.69, 9.17) is 0 Å². The Morgan fingerprint density at radius 3 is 2.07 bits per heavy atom. The van der Waals surface area contributed by atoms with Crippen LogP contribution in [0.1, 0.15) is 19.4 Å². The standard InChI is InChI=1S/C20H23N3O4S/c1-3-23(28(26,27)14-13-17-7-5-4-6-8-17)15-20(25)22-19-11-9-18(10-12-19)21-16(2)24/h4-14H,3,15H2,1-2H3,(H,21,24)(H,22,25)/b14-13+. The number of hydrogen-bond donors (Lipinski definition) is 2. The van der Waals surface area contributed by atoms with Crippen molar-refractivity contribution in [1.29, 1.82) is 0 Å². The van der Waals surface area contributed by atoms with E-state index in [1.165, 1.54) is 13.0 Å². The Hall–Kier alpha value is -2.97. The van der Waals surface area contributed by atoms with Gasteiger partial charge in [-0.3, -0.25) is 9.59 Å². The minimum Gasteiger partial charge on any atom is -0.326 e. The first-order valence-electron chi connectivity index (χ1n) is 8.71. The summed E-state index contributed by atoms with van der Waals surface area (Å²) in [5, 5.41) is 6.38. The van der Waals surface area contributed by atoms with E-state index >= 15 is 0 Å².